The van der Waals surface area contributed by atoms with E-state index in [0.717, 1.165) is 12.2 Å². The fourth-order valence-corrected chi connectivity index (χ4v) is 0.979. The van der Waals surface area contributed by atoms with Crippen molar-refractivity contribution in [3.63, 3.8) is 0 Å². The molecule has 8 heavy (non-hydrogen) atoms. The summed E-state index contributed by atoms with van der Waals surface area (Å²) in [4.78, 5) is 0. The largest absolute Gasteiger partial charge is 0.387 e. The third kappa shape index (κ3) is 5.82. The van der Waals surface area contributed by atoms with Gasteiger partial charge in [0.05, 0.1) is 5.75 Å². The van der Waals surface area contributed by atoms with Crippen molar-refractivity contribution < 1.29 is 0 Å². The maximum Gasteiger partial charge on any atom is 0.101 e. The van der Waals surface area contributed by atoms with Gasteiger partial charge >= 0.3 is 0 Å². The van der Waals surface area contributed by atoms with Gasteiger partial charge in [-0.25, -0.2) is 0 Å². The molecule has 0 rings (SSSR count). The summed E-state index contributed by atoms with van der Waals surface area (Å²) in [7, 11) is 0. The van der Waals surface area contributed by atoms with E-state index in [-0.39, 0.29) is 5.84 Å². The molecule has 0 aliphatic heterocycles. The zero-order valence-corrected chi connectivity index (χ0v) is 5.92. The first kappa shape index (κ1) is 7.82. The Labute approximate surface area is 54.3 Å². The van der Waals surface area contributed by atoms with E-state index in [2.05, 4.69) is 6.92 Å². The Morgan fingerprint density at radius 3 is 2.75 bits per heavy atom. The third-order valence-electron chi connectivity index (χ3n) is 0.606. The minimum absolute atomic E-state index is 0.281. The van der Waals surface area contributed by atoms with Crippen molar-refractivity contribution >= 4 is 17.6 Å². The molecule has 0 bridgehead atoms. The Kier molecular flexibility index (Phi) is 4.85. The Bertz CT molecular complexity index is 72.8. The van der Waals surface area contributed by atoms with Gasteiger partial charge in [0, 0.05) is 0 Å². The van der Waals surface area contributed by atoms with Gasteiger partial charge < -0.3 is 5.73 Å². The van der Waals surface area contributed by atoms with Crippen LogP contribution in [0.4, 0.5) is 0 Å². The van der Waals surface area contributed by atoms with E-state index in [1.54, 1.807) is 11.8 Å². The van der Waals surface area contributed by atoms with Crippen molar-refractivity contribution in [1.82, 2.24) is 0 Å². The Hall–Kier alpha value is -0.180. The number of thioether (sulfide) groups is 1. The molecule has 3 N–H and O–H groups in total. The number of amidine groups is 1. The highest BCUT2D eigenvalue weighted by molar-refractivity contribution is 7.99. The van der Waals surface area contributed by atoms with Crippen LogP contribution in [0.5, 0.6) is 0 Å². The van der Waals surface area contributed by atoms with E-state index in [0.29, 0.717) is 5.75 Å². The summed E-state index contributed by atoms with van der Waals surface area (Å²) in [5, 5.41) is 6.83. The quantitative estimate of drug-likeness (QED) is 0.341. The maximum atomic E-state index is 6.83. The monoisotopic (exact) mass is 132 g/mol. The average Bonchev–Trinajstić information content (AvgIpc) is 1.66. The van der Waals surface area contributed by atoms with Crippen LogP contribution in [0.25, 0.3) is 0 Å². The lowest BCUT2D eigenvalue weighted by Gasteiger charge is -1.93. The topological polar surface area (TPSA) is 49.9 Å². The molecular formula is C5H12N2S. The molecule has 0 unspecified atom stereocenters. The number of hydrogen-bond donors (Lipinski definition) is 2. The molecule has 0 heterocycles. The van der Waals surface area contributed by atoms with Crippen LogP contribution < -0.4 is 5.73 Å². The van der Waals surface area contributed by atoms with E-state index in [9.17, 15) is 0 Å². The fraction of sp³-hybridized carbons (Fsp3) is 0.800. The predicted molar refractivity (Wildman–Crippen MR) is 39.5 cm³/mol. The van der Waals surface area contributed by atoms with Gasteiger partial charge in [0.2, 0.25) is 0 Å². The van der Waals surface area contributed by atoms with Crippen molar-refractivity contribution in [2.45, 2.75) is 13.3 Å². The molecule has 0 saturated heterocycles. The first-order chi connectivity index (χ1) is 3.77. The van der Waals surface area contributed by atoms with Crippen LogP contribution in [0.1, 0.15) is 13.3 Å². The molecule has 0 aromatic heterocycles. The molecular weight excluding hydrogens is 120 g/mol. The summed E-state index contributed by atoms with van der Waals surface area (Å²) in [5.41, 5.74) is 5.10. The summed E-state index contributed by atoms with van der Waals surface area (Å²) < 4.78 is 0. The van der Waals surface area contributed by atoms with Gasteiger partial charge in [-0.3, -0.25) is 5.41 Å². The smallest absolute Gasteiger partial charge is 0.101 e. The first-order valence-electron chi connectivity index (χ1n) is 2.68. The summed E-state index contributed by atoms with van der Waals surface area (Å²) in [6.45, 7) is 2.12. The zero-order chi connectivity index (χ0) is 6.41. The van der Waals surface area contributed by atoms with Crippen LogP contribution in [-0.4, -0.2) is 17.3 Å². The van der Waals surface area contributed by atoms with Crippen molar-refractivity contribution in [2.75, 3.05) is 11.5 Å². The number of rotatable bonds is 4. The van der Waals surface area contributed by atoms with Gasteiger partial charge in [0.25, 0.3) is 0 Å². The van der Waals surface area contributed by atoms with Crippen molar-refractivity contribution in [3.05, 3.63) is 0 Å². The van der Waals surface area contributed by atoms with Gasteiger partial charge in [-0.1, -0.05) is 6.92 Å². The first-order valence-corrected chi connectivity index (χ1v) is 3.83. The van der Waals surface area contributed by atoms with Crippen molar-refractivity contribution in [2.24, 2.45) is 5.73 Å². The zero-order valence-electron chi connectivity index (χ0n) is 5.11. The summed E-state index contributed by atoms with van der Waals surface area (Å²) in [6.07, 6.45) is 1.16. The van der Waals surface area contributed by atoms with Crippen molar-refractivity contribution in [1.29, 1.82) is 5.41 Å². The van der Waals surface area contributed by atoms with Crippen LogP contribution in [-0.2, 0) is 0 Å². The van der Waals surface area contributed by atoms with E-state index >= 15 is 0 Å². The van der Waals surface area contributed by atoms with Gasteiger partial charge in [0.15, 0.2) is 0 Å². The lowest BCUT2D eigenvalue weighted by Crippen LogP contribution is -2.12. The summed E-state index contributed by atoms with van der Waals surface area (Å²) in [5.74, 6) is 2.08. The maximum absolute atomic E-state index is 6.83. The molecule has 0 fully saturated rings. The van der Waals surface area contributed by atoms with Gasteiger partial charge in [-0.2, -0.15) is 11.8 Å². The van der Waals surface area contributed by atoms with Crippen LogP contribution >= 0.6 is 11.8 Å². The lowest BCUT2D eigenvalue weighted by atomic mass is 10.6. The number of nitrogens with two attached hydrogens (primary N) is 1. The normalized spacial score (nSPS) is 9.12. The van der Waals surface area contributed by atoms with Crippen molar-refractivity contribution in [3.8, 4) is 0 Å². The second-order valence-corrected chi connectivity index (χ2v) is 2.68. The molecule has 0 aliphatic carbocycles. The average molecular weight is 132 g/mol. The minimum Gasteiger partial charge on any atom is -0.387 e. The highest BCUT2D eigenvalue weighted by Crippen LogP contribution is 1.99. The molecule has 48 valence electrons. The lowest BCUT2D eigenvalue weighted by molar-refractivity contribution is 1.11. The minimum atomic E-state index is 0.281. The molecule has 0 radical (unpaired) electrons. The molecule has 0 amide bonds. The second kappa shape index (κ2) is 4.97. The van der Waals surface area contributed by atoms with Gasteiger partial charge in [-0.05, 0) is 12.2 Å². The van der Waals surface area contributed by atoms with E-state index in [4.69, 9.17) is 11.1 Å². The van der Waals surface area contributed by atoms with Gasteiger partial charge in [-0.15, -0.1) is 0 Å². The molecule has 0 aliphatic rings. The Morgan fingerprint density at radius 1 is 1.75 bits per heavy atom. The second-order valence-electron chi connectivity index (χ2n) is 1.58. The van der Waals surface area contributed by atoms with Crippen LogP contribution in [0.3, 0.4) is 0 Å². The van der Waals surface area contributed by atoms with Crippen LogP contribution in [0.2, 0.25) is 0 Å². The molecule has 2 nitrogen and oxygen atoms in total. The molecule has 0 atom stereocenters. The van der Waals surface area contributed by atoms with E-state index in [1.807, 2.05) is 0 Å². The molecule has 0 saturated carbocycles. The Balaban J connectivity index is 2.82. The number of nitrogens with one attached hydrogen (secondary N) is 1. The standard InChI is InChI=1S/C5H12N2S/c1-2-3-8-4-5(6)7/h2-4H2,1H3,(H3,6,7). The highest BCUT2D eigenvalue weighted by atomic mass is 32.2. The van der Waals surface area contributed by atoms with Crippen LogP contribution in [0, 0.1) is 5.41 Å². The highest BCUT2D eigenvalue weighted by Gasteiger charge is 1.86. The number of hydrogen-bond acceptors (Lipinski definition) is 2. The van der Waals surface area contributed by atoms with Gasteiger partial charge in [0.1, 0.15) is 5.84 Å². The van der Waals surface area contributed by atoms with Crippen LogP contribution in [0.15, 0.2) is 0 Å². The van der Waals surface area contributed by atoms with E-state index < -0.39 is 0 Å². The fourth-order valence-electron chi connectivity index (χ4n) is 0.326. The predicted octanol–water partition coefficient (Wildman–Crippen LogP) is 1.07. The summed E-state index contributed by atoms with van der Waals surface area (Å²) in [6, 6.07) is 0. The molecule has 3 heteroatoms. The Morgan fingerprint density at radius 2 is 2.38 bits per heavy atom. The molecule has 0 aromatic rings. The molecule has 0 aromatic carbocycles. The third-order valence-corrected chi connectivity index (χ3v) is 1.82. The van der Waals surface area contributed by atoms with E-state index in [1.165, 1.54) is 0 Å². The SMILES string of the molecule is CCCSCC(=N)N. The molecule has 0 spiro atoms. The summed E-state index contributed by atoms with van der Waals surface area (Å²) >= 11 is 1.71.